The largest absolute Gasteiger partial charge is 0.283 e. The number of rotatable bonds is 5. The molecule has 0 atom stereocenters. The van der Waals surface area contributed by atoms with Gasteiger partial charge < -0.3 is 0 Å². The van der Waals surface area contributed by atoms with Crippen molar-refractivity contribution in [3.63, 3.8) is 0 Å². The van der Waals surface area contributed by atoms with Crippen LogP contribution in [0.4, 0.5) is 13.2 Å². The molecule has 1 aromatic heterocycles. The molecular weight excluding hydrogens is 397 g/mol. The van der Waals surface area contributed by atoms with Crippen LogP contribution in [0.15, 0.2) is 76.7 Å². The Morgan fingerprint density at radius 2 is 1.59 bits per heavy atom. The minimum atomic E-state index is -0.918. The first kappa shape index (κ1) is 19.3. The van der Waals surface area contributed by atoms with Crippen LogP contribution in [0, 0.1) is 17.5 Å². The predicted octanol–water partition coefficient (Wildman–Crippen LogP) is 5.15. The average molecular weight is 412 g/mol. The molecule has 0 unspecified atom stereocenters. The van der Waals surface area contributed by atoms with Crippen LogP contribution in [0.25, 0.3) is 10.9 Å². The fourth-order valence-electron chi connectivity index (χ4n) is 2.95. The van der Waals surface area contributed by atoms with Crippen LogP contribution in [0.3, 0.4) is 0 Å². The normalized spacial score (nSPS) is 11.1. The topological polar surface area (TPSA) is 34.9 Å². The summed E-state index contributed by atoms with van der Waals surface area (Å²) in [5.74, 6) is -1.87. The molecule has 4 rings (SSSR count). The maximum Gasteiger partial charge on any atom is 0.262 e. The minimum Gasteiger partial charge on any atom is -0.283 e. The van der Waals surface area contributed by atoms with Gasteiger partial charge in [-0.3, -0.25) is 9.36 Å². The van der Waals surface area contributed by atoms with Crippen molar-refractivity contribution in [3.05, 3.63) is 106 Å². The van der Waals surface area contributed by atoms with E-state index in [9.17, 15) is 18.0 Å². The molecule has 4 aromatic rings. The molecular formula is C22H15F3N2OS. The number of nitrogens with zero attached hydrogens (tertiary/aromatic N) is 2. The van der Waals surface area contributed by atoms with Gasteiger partial charge in [0.15, 0.2) is 16.8 Å². The van der Waals surface area contributed by atoms with E-state index >= 15 is 0 Å². The molecule has 0 amide bonds. The standard InChI is InChI=1S/C22H15F3N2OS/c23-16-8-5-14(6-9-16)12-27-21(28)17-3-1-2-4-20(17)26-22(27)29-13-15-7-10-18(24)19(25)11-15/h1-11H,12-13H2. The van der Waals surface area contributed by atoms with Gasteiger partial charge in [-0.15, -0.1) is 0 Å². The molecule has 0 saturated heterocycles. The Balaban J connectivity index is 1.73. The quantitative estimate of drug-likeness (QED) is 0.336. The Hall–Kier alpha value is -3.06. The molecule has 0 spiro atoms. The third-order valence-electron chi connectivity index (χ3n) is 4.43. The van der Waals surface area contributed by atoms with E-state index < -0.39 is 11.6 Å². The summed E-state index contributed by atoms with van der Waals surface area (Å²) in [5, 5.41) is 0.926. The molecule has 29 heavy (non-hydrogen) atoms. The fraction of sp³-hybridized carbons (Fsp3) is 0.0909. The summed E-state index contributed by atoms with van der Waals surface area (Å²) in [7, 11) is 0. The fourth-order valence-corrected chi connectivity index (χ4v) is 3.89. The SMILES string of the molecule is O=c1c2ccccc2nc(SCc2ccc(F)c(F)c2)n1Cc1ccc(F)cc1. The molecule has 3 aromatic carbocycles. The summed E-state index contributed by atoms with van der Waals surface area (Å²) in [6.07, 6.45) is 0. The van der Waals surface area contributed by atoms with Gasteiger partial charge in [0, 0.05) is 5.75 Å². The van der Waals surface area contributed by atoms with Crippen LogP contribution >= 0.6 is 11.8 Å². The van der Waals surface area contributed by atoms with Crippen molar-refractivity contribution in [2.45, 2.75) is 17.5 Å². The van der Waals surface area contributed by atoms with E-state index in [0.717, 1.165) is 17.7 Å². The highest BCUT2D eigenvalue weighted by molar-refractivity contribution is 7.98. The second-order valence-corrected chi connectivity index (χ2v) is 7.41. The summed E-state index contributed by atoms with van der Waals surface area (Å²) in [6, 6.07) is 16.6. The average Bonchev–Trinajstić information content (AvgIpc) is 2.73. The Labute approximate surface area is 168 Å². The third kappa shape index (κ3) is 4.19. The Morgan fingerprint density at radius 3 is 2.34 bits per heavy atom. The van der Waals surface area contributed by atoms with Gasteiger partial charge in [0.1, 0.15) is 5.82 Å². The highest BCUT2D eigenvalue weighted by Crippen LogP contribution is 2.24. The molecule has 0 saturated carbocycles. The van der Waals surface area contributed by atoms with Crippen LogP contribution < -0.4 is 5.56 Å². The zero-order valence-electron chi connectivity index (χ0n) is 15.1. The van der Waals surface area contributed by atoms with Gasteiger partial charge in [-0.25, -0.2) is 18.2 Å². The number of halogens is 3. The summed E-state index contributed by atoms with van der Waals surface area (Å²) in [5.41, 5.74) is 1.67. The molecule has 0 bridgehead atoms. The zero-order chi connectivity index (χ0) is 20.4. The Bertz CT molecular complexity index is 1240. The Kier molecular flexibility index (Phi) is 5.40. The number of hydrogen-bond donors (Lipinski definition) is 0. The molecule has 0 aliphatic heterocycles. The van der Waals surface area contributed by atoms with Crippen molar-refractivity contribution >= 4 is 22.7 Å². The summed E-state index contributed by atoms with van der Waals surface area (Å²) < 4.78 is 41.4. The highest BCUT2D eigenvalue weighted by Gasteiger charge is 2.13. The number of hydrogen-bond acceptors (Lipinski definition) is 3. The maximum absolute atomic E-state index is 13.5. The van der Waals surface area contributed by atoms with E-state index in [1.165, 1.54) is 34.5 Å². The number of benzene rings is 3. The lowest BCUT2D eigenvalue weighted by molar-refractivity contribution is 0.507. The molecule has 3 nitrogen and oxygen atoms in total. The highest BCUT2D eigenvalue weighted by atomic mass is 32.2. The van der Waals surface area contributed by atoms with Crippen LogP contribution in [-0.4, -0.2) is 9.55 Å². The number of para-hydroxylation sites is 1. The van der Waals surface area contributed by atoms with Gasteiger partial charge in [0.05, 0.1) is 17.4 Å². The monoisotopic (exact) mass is 412 g/mol. The van der Waals surface area contributed by atoms with E-state index in [4.69, 9.17) is 0 Å². The van der Waals surface area contributed by atoms with E-state index in [2.05, 4.69) is 4.98 Å². The van der Waals surface area contributed by atoms with Crippen molar-refractivity contribution < 1.29 is 13.2 Å². The van der Waals surface area contributed by atoms with Crippen molar-refractivity contribution in [1.82, 2.24) is 9.55 Å². The molecule has 0 aliphatic rings. The van der Waals surface area contributed by atoms with Crippen LogP contribution in [-0.2, 0) is 12.3 Å². The van der Waals surface area contributed by atoms with Gasteiger partial charge in [-0.1, -0.05) is 42.1 Å². The molecule has 146 valence electrons. The summed E-state index contributed by atoms with van der Waals surface area (Å²) >= 11 is 1.25. The lowest BCUT2D eigenvalue weighted by Crippen LogP contribution is -2.24. The summed E-state index contributed by atoms with van der Waals surface area (Å²) in [6.45, 7) is 0.219. The molecule has 0 fully saturated rings. The van der Waals surface area contributed by atoms with Crippen LogP contribution in [0.1, 0.15) is 11.1 Å². The smallest absolute Gasteiger partial charge is 0.262 e. The van der Waals surface area contributed by atoms with E-state index in [0.29, 0.717) is 27.4 Å². The number of fused-ring (bicyclic) bond motifs is 1. The van der Waals surface area contributed by atoms with Gasteiger partial charge in [-0.2, -0.15) is 0 Å². The first-order valence-electron chi connectivity index (χ1n) is 8.82. The molecule has 7 heteroatoms. The predicted molar refractivity (Wildman–Crippen MR) is 107 cm³/mol. The lowest BCUT2D eigenvalue weighted by Gasteiger charge is -2.13. The Morgan fingerprint density at radius 1 is 0.862 bits per heavy atom. The van der Waals surface area contributed by atoms with Crippen molar-refractivity contribution in [2.75, 3.05) is 0 Å². The van der Waals surface area contributed by atoms with Crippen LogP contribution in [0.5, 0.6) is 0 Å². The summed E-state index contributed by atoms with van der Waals surface area (Å²) in [4.78, 5) is 17.6. The number of aromatic nitrogens is 2. The van der Waals surface area contributed by atoms with Crippen molar-refractivity contribution in [2.24, 2.45) is 0 Å². The first-order chi connectivity index (χ1) is 14.0. The zero-order valence-corrected chi connectivity index (χ0v) is 15.9. The number of thioether (sulfide) groups is 1. The van der Waals surface area contributed by atoms with Gasteiger partial charge >= 0.3 is 0 Å². The second-order valence-electron chi connectivity index (χ2n) is 6.47. The molecule has 1 heterocycles. The second kappa shape index (κ2) is 8.13. The van der Waals surface area contributed by atoms with E-state index in [1.54, 1.807) is 36.4 Å². The van der Waals surface area contributed by atoms with Gasteiger partial charge in [0.2, 0.25) is 0 Å². The molecule has 0 aliphatic carbocycles. The van der Waals surface area contributed by atoms with E-state index in [-0.39, 0.29) is 17.9 Å². The lowest BCUT2D eigenvalue weighted by atomic mass is 10.2. The minimum absolute atomic E-state index is 0.215. The van der Waals surface area contributed by atoms with E-state index in [1.807, 2.05) is 0 Å². The molecule has 0 N–H and O–H groups in total. The molecule has 0 radical (unpaired) electrons. The van der Waals surface area contributed by atoms with Crippen molar-refractivity contribution in [1.29, 1.82) is 0 Å². The maximum atomic E-state index is 13.5. The van der Waals surface area contributed by atoms with Gasteiger partial charge in [0.25, 0.3) is 5.56 Å². The first-order valence-corrected chi connectivity index (χ1v) is 9.80. The van der Waals surface area contributed by atoms with Crippen molar-refractivity contribution in [3.8, 4) is 0 Å². The van der Waals surface area contributed by atoms with Crippen LogP contribution in [0.2, 0.25) is 0 Å². The van der Waals surface area contributed by atoms with Gasteiger partial charge in [-0.05, 0) is 47.5 Å². The third-order valence-corrected chi connectivity index (χ3v) is 5.48.